The summed E-state index contributed by atoms with van der Waals surface area (Å²) < 4.78 is 4.92. The van der Waals surface area contributed by atoms with E-state index in [0.29, 0.717) is 0 Å². The van der Waals surface area contributed by atoms with Crippen molar-refractivity contribution in [3.63, 3.8) is 0 Å². The third kappa shape index (κ3) is 3.03. The molecular formula is C14H9NO6. The Bertz CT molecular complexity index is 678. The Morgan fingerprint density at radius 1 is 1.05 bits per heavy atom. The first-order valence-corrected chi connectivity index (χ1v) is 5.78. The predicted molar refractivity (Wildman–Crippen MR) is 71.5 cm³/mol. The van der Waals surface area contributed by atoms with Gasteiger partial charge in [0.1, 0.15) is 5.56 Å². The van der Waals surface area contributed by atoms with E-state index in [-0.39, 0.29) is 5.56 Å². The molecule has 0 fully saturated rings. The number of benzene rings is 2. The number of hydrogen-bond acceptors (Lipinski definition) is 5. The van der Waals surface area contributed by atoms with E-state index in [0.717, 1.165) is 12.1 Å². The number of para-hydroxylation sites is 1. The van der Waals surface area contributed by atoms with Gasteiger partial charge in [0.05, 0.1) is 10.5 Å². The van der Waals surface area contributed by atoms with Crippen LogP contribution in [0.1, 0.15) is 20.7 Å². The average Bonchev–Trinajstić information content (AvgIpc) is 2.47. The van der Waals surface area contributed by atoms with Crippen molar-refractivity contribution < 1.29 is 24.4 Å². The molecule has 0 aromatic heterocycles. The summed E-state index contributed by atoms with van der Waals surface area (Å²) >= 11 is 0. The summed E-state index contributed by atoms with van der Waals surface area (Å²) in [5.74, 6) is -2.87. The van der Waals surface area contributed by atoms with E-state index in [9.17, 15) is 19.7 Å². The minimum absolute atomic E-state index is 0.159. The maximum absolute atomic E-state index is 11.9. The molecule has 2 rings (SSSR count). The van der Waals surface area contributed by atoms with E-state index in [1.165, 1.54) is 18.2 Å². The molecule has 0 aliphatic rings. The molecule has 0 radical (unpaired) electrons. The maximum atomic E-state index is 11.9. The van der Waals surface area contributed by atoms with Crippen LogP contribution in [0.4, 0.5) is 5.69 Å². The van der Waals surface area contributed by atoms with Crippen LogP contribution >= 0.6 is 0 Å². The second kappa shape index (κ2) is 5.83. The number of carboxylic acids is 1. The van der Waals surface area contributed by atoms with Crippen molar-refractivity contribution in [3.8, 4) is 5.75 Å². The summed E-state index contributed by atoms with van der Waals surface area (Å²) in [6.07, 6.45) is 0. The first kappa shape index (κ1) is 14.2. The van der Waals surface area contributed by atoms with Crippen LogP contribution in [0.2, 0.25) is 0 Å². The van der Waals surface area contributed by atoms with Crippen LogP contribution in [-0.2, 0) is 0 Å². The molecule has 106 valence electrons. The molecule has 0 bridgehead atoms. The summed E-state index contributed by atoms with van der Waals surface area (Å²) in [7, 11) is 0. The SMILES string of the molecule is O=C(Oc1c(C(=O)O)cccc1[N+](=O)[O-])c1ccccc1. The summed E-state index contributed by atoms with van der Waals surface area (Å²) in [4.78, 5) is 33.2. The lowest BCUT2D eigenvalue weighted by Gasteiger charge is -2.07. The molecule has 0 aliphatic heterocycles. The van der Waals surface area contributed by atoms with Crippen LogP contribution < -0.4 is 4.74 Å². The van der Waals surface area contributed by atoms with Crippen LogP contribution in [0, 0.1) is 10.1 Å². The maximum Gasteiger partial charge on any atom is 0.343 e. The molecule has 1 N–H and O–H groups in total. The molecule has 7 nitrogen and oxygen atoms in total. The van der Waals surface area contributed by atoms with E-state index < -0.39 is 33.9 Å². The normalized spacial score (nSPS) is 9.90. The van der Waals surface area contributed by atoms with Gasteiger partial charge >= 0.3 is 17.6 Å². The van der Waals surface area contributed by atoms with Gasteiger partial charge in [0.25, 0.3) is 0 Å². The van der Waals surface area contributed by atoms with Gasteiger partial charge in [0, 0.05) is 6.07 Å². The van der Waals surface area contributed by atoms with Crippen molar-refractivity contribution in [1.82, 2.24) is 0 Å². The number of carbonyl (C=O) groups excluding carboxylic acids is 1. The Hall–Kier alpha value is -3.22. The molecule has 21 heavy (non-hydrogen) atoms. The summed E-state index contributed by atoms with van der Waals surface area (Å²) in [6, 6.07) is 11.2. The molecule has 0 saturated heterocycles. The van der Waals surface area contributed by atoms with E-state index in [2.05, 4.69) is 0 Å². The van der Waals surface area contributed by atoms with Crippen molar-refractivity contribution in [3.05, 3.63) is 69.8 Å². The second-order valence-corrected chi connectivity index (χ2v) is 3.97. The molecule has 2 aromatic carbocycles. The fraction of sp³-hybridized carbons (Fsp3) is 0. The largest absolute Gasteiger partial charge is 0.478 e. The van der Waals surface area contributed by atoms with E-state index in [4.69, 9.17) is 9.84 Å². The van der Waals surface area contributed by atoms with Gasteiger partial charge in [0.2, 0.25) is 5.75 Å². The number of carbonyl (C=O) groups is 2. The zero-order chi connectivity index (χ0) is 15.4. The molecule has 0 spiro atoms. The van der Waals surface area contributed by atoms with Gasteiger partial charge in [0.15, 0.2) is 0 Å². The van der Waals surface area contributed by atoms with Crippen LogP contribution in [-0.4, -0.2) is 22.0 Å². The van der Waals surface area contributed by atoms with Crippen molar-refractivity contribution in [2.24, 2.45) is 0 Å². The van der Waals surface area contributed by atoms with Gasteiger partial charge in [-0.1, -0.05) is 24.3 Å². The second-order valence-electron chi connectivity index (χ2n) is 3.97. The predicted octanol–water partition coefficient (Wildman–Crippen LogP) is 2.51. The first-order chi connectivity index (χ1) is 10.0. The fourth-order valence-electron chi connectivity index (χ4n) is 1.67. The molecule has 0 atom stereocenters. The zero-order valence-corrected chi connectivity index (χ0v) is 10.6. The molecule has 0 amide bonds. The summed E-state index contributed by atoms with van der Waals surface area (Å²) in [5, 5.41) is 20.0. The molecule has 0 aliphatic carbocycles. The Labute approximate surface area is 118 Å². The average molecular weight is 287 g/mol. The number of nitro groups is 1. The van der Waals surface area contributed by atoms with Crippen molar-refractivity contribution in [1.29, 1.82) is 0 Å². The minimum atomic E-state index is -1.42. The number of rotatable bonds is 4. The van der Waals surface area contributed by atoms with E-state index in [1.807, 2.05) is 0 Å². The Kier molecular flexibility index (Phi) is 3.94. The summed E-state index contributed by atoms with van der Waals surface area (Å²) in [5.41, 5.74) is -0.875. The van der Waals surface area contributed by atoms with Gasteiger partial charge in [-0.15, -0.1) is 0 Å². The highest BCUT2D eigenvalue weighted by molar-refractivity contribution is 5.96. The van der Waals surface area contributed by atoms with Crippen LogP contribution in [0.15, 0.2) is 48.5 Å². The fourth-order valence-corrected chi connectivity index (χ4v) is 1.67. The number of nitrogens with zero attached hydrogens (tertiary/aromatic N) is 1. The lowest BCUT2D eigenvalue weighted by atomic mass is 10.1. The van der Waals surface area contributed by atoms with Crippen LogP contribution in [0.3, 0.4) is 0 Å². The Balaban J connectivity index is 2.45. The lowest BCUT2D eigenvalue weighted by molar-refractivity contribution is -0.385. The molecular weight excluding hydrogens is 278 g/mol. The minimum Gasteiger partial charge on any atom is -0.478 e. The number of nitro benzene ring substituents is 1. The van der Waals surface area contributed by atoms with Gasteiger partial charge in [-0.25, -0.2) is 9.59 Å². The highest BCUT2D eigenvalue weighted by atomic mass is 16.6. The number of aromatic carboxylic acids is 1. The number of ether oxygens (including phenoxy) is 1. The van der Waals surface area contributed by atoms with Crippen LogP contribution in [0.25, 0.3) is 0 Å². The van der Waals surface area contributed by atoms with E-state index in [1.54, 1.807) is 18.2 Å². The molecule has 2 aromatic rings. The highest BCUT2D eigenvalue weighted by Gasteiger charge is 2.25. The Morgan fingerprint density at radius 3 is 2.29 bits per heavy atom. The first-order valence-electron chi connectivity index (χ1n) is 5.78. The molecule has 7 heteroatoms. The zero-order valence-electron chi connectivity index (χ0n) is 10.6. The Morgan fingerprint density at radius 2 is 1.71 bits per heavy atom. The highest BCUT2D eigenvalue weighted by Crippen LogP contribution is 2.31. The van der Waals surface area contributed by atoms with Gasteiger partial charge in [-0.2, -0.15) is 0 Å². The lowest BCUT2D eigenvalue weighted by Crippen LogP contribution is -2.13. The number of esters is 1. The standard InChI is InChI=1S/C14H9NO6/c16-13(17)10-7-4-8-11(15(19)20)12(10)21-14(18)9-5-2-1-3-6-9/h1-8H,(H,16,17). The topological polar surface area (TPSA) is 107 Å². The van der Waals surface area contributed by atoms with Gasteiger partial charge in [-0.3, -0.25) is 10.1 Å². The van der Waals surface area contributed by atoms with E-state index >= 15 is 0 Å². The molecule has 0 heterocycles. The monoisotopic (exact) mass is 287 g/mol. The summed E-state index contributed by atoms with van der Waals surface area (Å²) in [6.45, 7) is 0. The number of hydrogen-bond donors (Lipinski definition) is 1. The quantitative estimate of drug-likeness (QED) is 0.400. The molecule has 0 saturated carbocycles. The van der Waals surface area contributed by atoms with Crippen molar-refractivity contribution in [2.45, 2.75) is 0 Å². The molecule has 0 unspecified atom stereocenters. The third-order valence-corrected chi connectivity index (χ3v) is 2.63. The van der Waals surface area contributed by atoms with Crippen molar-refractivity contribution in [2.75, 3.05) is 0 Å². The van der Waals surface area contributed by atoms with Crippen molar-refractivity contribution >= 4 is 17.6 Å². The van der Waals surface area contributed by atoms with Gasteiger partial charge < -0.3 is 9.84 Å². The number of carboxylic acid groups (broad SMARTS) is 1. The van der Waals surface area contributed by atoms with Gasteiger partial charge in [-0.05, 0) is 18.2 Å². The smallest absolute Gasteiger partial charge is 0.343 e. The third-order valence-electron chi connectivity index (χ3n) is 2.63. The van der Waals surface area contributed by atoms with Crippen LogP contribution in [0.5, 0.6) is 5.75 Å².